The van der Waals surface area contributed by atoms with Gasteiger partial charge in [-0.05, 0) is 49.7 Å². The van der Waals surface area contributed by atoms with E-state index < -0.39 is 0 Å². The molecule has 0 bridgehead atoms. The van der Waals surface area contributed by atoms with Crippen LogP contribution in [0.4, 0.5) is 5.69 Å². The summed E-state index contributed by atoms with van der Waals surface area (Å²) in [4.78, 5) is 24.1. The van der Waals surface area contributed by atoms with Crippen LogP contribution in [0.2, 0.25) is 0 Å². The molecule has 2 N–H and O–H groups in total. The molecular weight excluding hydrogens is 398 g/mol. The molecule has 2 rings (SSSR count). The molecule has 0 spiro atoms. The average molecular weight is 428 g/mol. The summed E-state index contributed by atoms with van der Waals surface area (Å²) in [7, 11) is 1.56. The molecule has 0 aromatic heterocycles. The van der Waals surface area contributed by atoms with Crippen molar-refractivity contribution in [2.75, 3.05) is 25.6 Å². The van der Waals surface area contributed by atoms with Crippen molar-refractivity contribution >= 4 is 23.7 Å². The topological polar surface area (TPSA) is 98.2 Å². The lowest BCUT2D eigenvalue weighted by molar-refractivity contribution is -0.124. The van der Waals surface area contributed by atoms with Gasteiger partial charge in [-0.3, -0.25) is 9.59 Å². The van der Waals surface area contributed by atoms with Gasteiger partial charge in [-0.25, -0.2) is 5.43 Å². The number of para-hydroxylation sites is 1. The van der Waals surface area contributed by atoms with E-state index in [4.69, 9.17) is 14.2 Å². The monoisotopic (exact) mass is 427 g/mol. The molecule has 2 aromatic carbocycles. The largest absolute Gasteiger partial charge is 0.494 e. The molecular formula is C23H29N3O5. The number of nitrogens with zero attached hydrogens (tertiary/aromatic N) is 1. The standard InChI is InChI=1S/C23H29N3O5/c1-4-15-31-23-17(7-6-8-20(23)29-3)16-24-26-22(28)14-13-21(27)25-18-9-11-19(12-10-18)30-5-2/h6-12,16H,4-5,13-15H2,1-3H3,(H,25,27)(H,26,28). The van der Waals surface area contributed by atoms with E-state index in [1.807, 2.05) is 26.0 Å². The van der Waals surface area contributed by atoms with Gasteiger partial charge in [0.2, 0.25) is 11.8 Å². The third kappa shape index (κ3) is 8.00. The van der Waals surface area contributed by atoms with Gasteiger partial charge in [-0.2, -0.15) is 5.10 Å². The Balaban J connectivity index is 1.82. The molecule has 0 unspecified atom stereocenters. The summed E-state index contributed by atoms with van der Waals surface area (Å²) in [6, 6.07) is 12.5. The van der Waals surface area contributed by atoms with Gasteiger partial charge in [-0.15, -0.1) is 0 Å². The van der Waals surface area contributed by atoms with Crippen LogP contribution < -0.4 is 25.0 Å². The molecule has 0 radical (unpaired) electrons. The Morgan fingerprint density at radius 1 is 1.00 bits per heavy atom. The fourth-order valence-electron chi connectivity index (χ4n) is 2.64. The number of methoxy groups -OCH3 is 1. The third-order valence-corrected chi connectivity index (χ3v) is 4.10. The summed E-state index contributed by atoms with van der Waals surface area (Å²) in [5.74, 6) is 1.27. The number of carbonyl (C=O) groups is 2. The molecule has 8 nitrogen and oxygen atoms in total. The Morgan fingerprint density at radius 2 is 1.74 bits per heavy atom. The van der Waals surface area contributed by atoms with Crippen molar-refractivity contribution in [1.29, 1.82) is 0 Å². The number of carbonyl (C=O) groups excluding carboxylic acids is 2. The van der Waals surface area contributed by atoms with Gasteiger partial charge < -0.3 is 19.5 Å². The number of hydrogen-bond donors (Lipinski definition) is 2. The highest BCUT2D eigenvalue weighted by atomic mass is 16.5. The number of nitrogens with one attached hydrogen (secondary N) is 2. The van der Waals surface area contributed by atoms with Gasteiger partial charge in [0.15, 0.2) is 11.5 Å². The SMILES string of the molecule is CCCOc1c(C=NNC(=O)CCC(=O)Nc2ccc(OCC)cc2)cccc1OC. The zero-order valence-corrected chi connectivity index (χ0v) is 18.1. The summed E-state index contributed by atoms with van der Waals surface area (Å²) in [5.41, 5.74) is 3.76. The highest BCUT2D eigenvalue weighted by Crippen LogP contribution is 2.30. The Kier molecular flexibility index (Phi) is 9.87. The molecule has 0 aliphatic rings. The first kappa shape index (κ1) is 23.7. The van der Waals surface area contributed by atoms with Gasteiger partial charge in [-0.1, -0.05) is 13.0 Å². The van der Waals surface area contributed by atoms with Gasteiger partial charge >= 0.3 is 0 Å². The number of ether oxygens (including phenoxy) is 3. The Labute approximate surface area is 182 Å². The minimum Gasteiger partial charge on any atom is -0.494 e. The van der Waals surface area contributed by atoms with E-state index in [0.29, 0.717) is 36.0 Å². The third-order valence-electron chi connectivity index (χ3n) is 4.10. The molecule has 2 aromatic rings. The van der Waals surface area contributed by atoms with Crippen LogP contribution in [-0.4, -0.2) is 38.4 Å². The lowest BCUT2D eigenvalue weighted by Gasteiger charge is -2.12. The van der Waals surface area contributed by atoms with Crippen molar-refractivity contribution in [2.45, 2.75) is 33.1 Å². The van der Waals surface area contributed by atoms with Gasteiger partial charge in [0.25, 0.3) is 0 Å². The summed E-state index contributed by atoms with van der Waals surface area (Å²) in [6.07, 6.45) is 2.39. The van der Waals surface area contributed by atoms with Crippen molar-refractivity contribution in [1.82, 2.24) is 5.43 Å². The summed E-state index contributed by atoms with van der Waals surface area (Å²) >= 11 is 0. The van der Waals surface area contributed by atoms with E-state index in [-0.39, 0.29) is 24.7 Å². The van der Waals surface area contributed by atoms with E-state index >= 15 is 0 Å². The number of rotatable bonds is 12. The molecule has 0 saturated carbocycles. The molecule has 31 heavy (non-hydrogen) atoms. The molecule has 166 valence electrons. The highest BCUT2D eigenvalue weighted by Gasteiger charge is 2.10. The highest BCUT2D eigenvalue weighted by molar-refractivity contribution is 5.93. The van der Waals surface area contributed by atoms with Crippen LogP contribution >= 0.6 is 0 Å². The van der Waals surface area contributed by atoms with Gasteiger partial charge in [0.05, 0.1) is 26.5 Å². The Hall–Kier alpha value is -3.55. The first-order valence-corrected chi connectivity index (χ1v) is 10.2. The Morgan fingerprint density at radius 3 is 2.42 bits per heavy atom. The molecule has 0 saturated heterocycles. The van der Waals surface area contributed by atoms with E-state index in [9.17, 15) is 9.59 Å². The van der Waals surface area contributed by atoms with Crippen LogP contribution in [-0.2, 0) is 9.59 Å². The maximum atomic E-state index is 12.0. The molecule has 8 heteroatoms. The zero-order valence-electron chi connectivity index (χ0n) is 18.1. The second-order valence-electron chi connectivity index (χ2n) is 6.53. The fourth-order valence-corrected chi connectivity index (χ4v) is 2.64. The predicted octanol–water partition coefficient (Wildman–Crippen LogP) is 3.75. The lowest BCUT2D eigenvalue weighted by atomic mass is 10.2. The maximum absolute atomic E-state index is 12.0. The van der Waals surface area contributed by atoms with Gasteiger partial charge in [0, 0.05) is 24.1 Å². The first-order chi connectivity index (χ1) is 15.1. The van der Waals surface area contributed by atoms with Crippen LogP contribution in [0.15, 0.2) is 47.6 Å². The summed E-state index contributed by atoms with van der Waals surface area (Å²) < 4.78 is 16.4. The number of hydrazone groups is 1. The quantitative estimate of drug-likeness (QED) is 0.397. The van der Waals surface area contributed by atoms with Crippen LogP contribution in [0.3, 0.4) is 0 Å². The number of amides is 2. The van der Waals surface area contributed by atoms with Crippen molar-refractivity contribution in [3.05, 3.63) is 48.0 Å². The zero-order chi connectivity index (χ0) is 22.5. The molecule has 0 atom stereocenters. The van der Waals surface area contributed by atoms with E-state index in [1.54, 1.807) is 37.4 Å². The average Bonchev–Trinajstić information content (AvgIpc) is 2.78. The second kappa shape index (κ2) is 12.9. The minimum absolute atomic E-state index is 0.0114. The summed E-state index contributed by atoms with van der Waals surface area (Å²) in [5, 5.41) is 6.71. The number of hydrogen-bond acceptors (Lipinski definition) is 6. The van der Waals surface area contributed by atoms with E-state index in [0.717, 1.165) is 12.2 Å². The lowest BCUT2D eigenvalue weighted by Crippen LogP contribution is -2.20. The maximum Gasteiger partial charge on any atom is 0.240 e. The van der Waals surface area contributed by atoms with Gasteiger partial charge in [0.1, 0.15) is 5.75 Å². The van der Waals surface area contributed by atoms with Crippen LogP contribution in [0.25, 0.3) is 0 Å². The van der Waals surface area contributed by atoms with Crippen LogP contribution in [0, 0.1) is 0 Å². The molecule has 0 fully saturated rings. The summed E-state index contributed by atoms with van der Waals surface area (Å²) in [6.45, 7) is 5.03. The molecule has 0 heterocycles. The van der Waals surface area contributed by atoms with Crippen LogP contribution in [0.1, 0.15) is 38.7 Å². The molecule has 0 aliphatic heterocycles. The number of anilines is 1. The van der Waals surface area contributed by atoms with Crippen molar-refractivity contribution in [3.8, 4) is 17.2 Å². The van der Waals surface area contributed by atoms with Crippen molar-refractivity contribution < 1.29 is 23.8 Å². The van der Waals surface area contributed by atoms with Crippen molar-refractivity contribution in [3.63, 3.8) is 0 Å². The molecule has 0 aliphatic carbocycles. The predicted molar refractivity (Wildman–Crippen MR) is 120 cm³/mol. The smallest absolute Gasteiger partial charge is 0.240 e. The van der Waals surface area contributed by atoms with Crippen molar-refractivity contribution in [2.24, 2.45) is 5.10 Å². The second-order valence-corrected chi connectivity index (χ2v) is 6.53. The van der Waals surface area contributed by atoms with E-state index in [1.165, 1.54) is 6.21 Å². The Bertz CT molecular complexity index is 881. The first-order valence-electron chi connectivity index (χ1n) is 10.2. The van der Waals surface area contributed by atoms with Crippen LogP contribution in [0.5, 0.6) is 17.2 Å². The number of benzene rings is 2. The minimum atomic E-state index is -0.364. The normalized spacial score (nSPS) is 10.5. The van der Waals surface area contributed by atoms with E-state index in [2.05, 4.69) is 15.8 Å². The molecule has 2 amide bonds. The fraction of sp³-hybridized carbons (Fsp3) is 0.348.